The van der Waals surface area contributed by atoms with Crippen LogP contribution in [0.5, 0.6) is 5.75 Å². The van der Waals surface area contributed by atoms with Crippen LogP contribution in [0.1, 0.15) is 39.5 Å². The topological polar surface area (TPSA) is 73.3 Å². The summed E-state index contributed by atoms with van der Waals surface area (Å²) in [5.41, 5.74) is 3.86. The molecule has 3 aromatic carbocycles. The summed E-state index contributed by atoms with van der Waals surface area (Å²) in [5.74, 6) is 0.0926. The van der Waals surface area contributed by atoms with Crippen molar-refractivity contribution in [2.24, 2.45) is 0 Å². The summed E-state index contributed by atoms with van der Waals surface area (Å²) >= 11 is 0. The van der Waals surface area contributed by atoms with Gasteiger partial charge in [-0.2, -0.15) is 0 Å². The van der Waals surface area contributed by atoms with Gasteiger partial charge >= 0.3 is 0 Å². The number of benzene rings is 3. The lowest BCUT2D eigenvalue weighted by atomic mass is 10.0. The molecule has 0 unspecified atom stereocenters. The molecular formula is C27H25NO4S. The highest BCUT2D eigenvalue weighted by molar-refractivity contribution is 7.91. The van der Waals surface area contributed by atoms with Crippen LogP contribution in [0, 0.1) is 13.8 Å². The van der Waals surface area contributed by atoms with Crippen LogP contribution in [0.15, 0.2) is 76.7 Å². The van der Waals surface area contributed by atoms with Crippen molar-refractivity contribution in [1.82, 2.24) is 4.98 Å². The van der Waals surface area contributed by atoms with Crippen LogP contribution in [-0.4, -0.2) is 26.3 Å². The fraction of sp³-hybridized carbons (Fsp3) is 0.185. The molecule has 4 rings (SSSR count). The molecule has 0 bridgehead atoms. The molecule has 0 saturated heterocycles. The van der Waals surface area contributed by atoms with Crippen LogP contribution in [0.3, 0.4) is 0 Å². The van der Waals surface area contributed by atoms with Gasteiger partial charge in [-0.1, -0.05) is 37.3 Å². The summed E-state index contributed by atoms with van der Waals surface area (Å²) in [6, 6.07) is 17.2. The van der Waals surface area contributed by atoms with Crippen molar-refractivity contribution in [2.45, 2.75) is 37.0 Å². The van der Waals surface area contributed by atoms with E-state index >= 15 is 0 Å². The fourth-order valence-electron chi connectivity index (χ4n) is 3.77. The van der Waals surface area contributed by atoms with E-state index < -0.39 is 15.6 Å². The van der Waals surface area contributed by atoms with Gasteiger partial charge in [0.2, 0.25) is 9.84 Å². The predicted octanol–water partition coefficient (Wildman–Crippen LogP) is 5.49. The van der Waals surface area contributed by atoms with Crippen LogP contribution in [0.25, 0.3) is 10.9 Å². The van der Waals surface area contributed by atoms with Crippen LogP contribution in [0.2, 0.25) is 0 Å². The van der Waals surface area contributed by atoms with Crippen molar-refractivity contribution in [3.63, 3.8) is 0 Å². The summed E-state index contributed by atoms with van der Waals surface area (Å²) in [6.45, 7) is 5.82. The Hall–Kier alpha value is -3.51. The molecular weight excluding hydrogens is 434 g/mol. The van der Waals surface area contributed by atoms with Gasteiger partial charge in [0.1, 0.15) is 5.75 Å². The molecule has 0 spiro atoms. The molecule has 0 amide bonds. The number of pyridine rings is 1. The predicted molar refractivity (Wildman–Crippen MR) is 129 cm³/mol. The van der Waals surface area contributed by atoms with Gasteiger partial charge in [-0.05, 0) is 67.3 Å². The molecule has 0 atom stereocenters. The number of nitrogens with zero attached hydrogens (tertiary/aromatic N) is 1. The zero-order chi connectivity index (χ0) is 23.8. The highest BCUT2D eigenvalue weighted by Gasteiger charge is 2.29. The number of aryl methyl sites for hydroxylation is 3. The third-order valence-electron chi connectivity index (χ3n) is 5.95. The van der Waals surface area contributed by atoms with Gasteiger partial charge in [0.25, 0.3) is 0 Å². The maximum Gasteiger partial charge on any atom is 0.208 e. The van der Waals surface area contributed by atoms with Gasteiger partial charge in [-0.15, -0.1) is 0 Å². The molecule has 5 nitrogen and oxygen atoms in total. The highest BCUT2D eigenvalue weighted by atomic mass is 32.2. The standard InChI is InChI=1S/C27H25NO4S/c1-5-19-7-9-20(10-8-19)26(29)24-16-28-25-13-11-21(32-4)15-23(25)27(24)33(30,31)22-12-6-17(2)18(3)14-22/h6-16H,5H2,1-4H3. The molecule has 0 saturated carbocycles. The maximum atomic E-state index is 13.9. The lowest BCUT2D eigenvalue weighted by Gasteiger charge is -2.15. The summed E-state index contributed by atoms with van der Waals surface area (Å²) in [7, 11) is -2.53. The third kappa shape index (κ3) is 4.14. The van der Waals surface area contributed by atoms with Crippen molar-refractivity contribution in [1.29, 1.82) is 0 Å². The number of ketones is 1. The lowest BCUT2D eigenvalue weighted by molar-refractivity contribution is 0.103. The van der Waals surface area contributed by atoms with Gasteiger partial charge in [0, 0.05) is 17.1 Å². The van der Waals surface area contributed by atoms with Crippen molar-refractivity contribution in [3.8, 4) is 5.75 Å². The van der Waals surface area contributed by atoms with E-state index in [9.17, 15) is 13.2 Å². The molecule has 0 aliphatic carbocycles. The number of sulfone groups is 1. The second-order valence-corrected chi connectivity index (χ2v) is 9.90. The Kier molecular flexibility index (Phi) is 6.04. The largest absolute Gasteiger partial charge is 0.497 e. The summed E-state index contributed by atoms with van der Waals surface area (Å²) in [4.78, 5) is 18.0. The Morgan fingerprint density at radius 1 is 0.939 bits per heavy atom. The van der Waals surface area contributed by atoms with Gasteiger partial charge in [-0.25, -0.2) is 8.42 Å². The Morgan fingerprint density at radius 3 is 2.30 bits per heavy atom. The minimum Gasteiger partial charge on any atom is -0.497 e. The first-order chi connectivity index (χ1) is 15.8. The van der Waals surface area contributed by atoms with Gasteiger partial charge in [-0.3, -0.25) is 9.78 Å². The summed E-state index contributed by atoms with van der Waals surface area (Å²) < 4.78 is 33.2. The Bertz CT molecular complexity index is 1470. The quantitative estimate of drug-likeness (QED) is 0.357. The monoisotopic (exact) mass is 459 g/mol. The molecule has 1 heterocycles. The average molecular weight is 460 g/mol. The zero-order valence-corrected chi connectivity index (χ0v) is 19.9. The molecule has 4 aromatic rings. The number of carbonyl (C=O) groups excluding carboxylic acids is 1. The smallest absolute Gasteiger partial charge is 0.208 e. The Labute approximate surface area is 194 Å². The highest BCUT2D eigenvalue weighted by Crippen LogP contribution is 2.34. The lowest BCUT2D eigenvalue weighted by Crippen LogP contribution is -2.13. The molecule has 6 heteroatoms. The number of hydrogen-bond donors (Lipinski definition) is 0. The minimum atomic E-state index is -4.04. The van der Waals surface area contributed by atoms with Crippen molar-refractivity contribution in [3.05, 3.63) is 94.7 Å². The van der Waals surface area contributed by atoms with Crippen molar-refractivity contribution in [2.75, 3.05) is 7.11 Å². The average Bonchev–Trinajstić information content (AvgIpc) is 2.84. The molecule has 1 aromatic heterocycles. The van der Waals surface area contributed by atoms with Crippen LogP contribution >= 0.6 is 0 Å². The number of fused-ring (bicyclic) bond motifs is 1. The molecule has 0 radical (unpaired) electrons. The van der Waals surface area contributed by atoms with Crippen molar-refractivity contribution < 1.29 is 17.9 Å². The molecule has 0 fully saturated rings. The van der Waals surface area contributed by atoms with E-state index in [1.54, 1.807) is 48.5 Å². The summed E-state index contributed by atoms with van der Waals surface area (Å²) in [5, 5.41) is 0.351. The number of methoxy groups -OCH3 is 1. The first-order valence-electron chi connectivity index (χ1n) is 10.7. The maximum absolute atomic E-state index is 13.9. The van der Waals surface area contributed by atoms with Gasteiger partial charge < -0.3 is 4.74 Å². The Morgan fingerprint density at radius 2 is 1.67 bits per heavy atom. The van der Waals surface area contributed by atoms with E-state index in [1.807, 2.05) is 32.9 Å². The first kappa shape index (κ1) is 22.7. The third-order valence-corrected chi connectivity index (χ3v) is 7.80. The number of carbonyl (C=O) groups is 1. The molecule has 0 aliphatic heterocycles. The van der Waals surface area contributed by atoms with E-state index in [-0.39, 0.29) is 15.4 Å². The summed E-state index contributed by atoms with van der Waals surface area (Å²) in [6.07, 6.45) is 2.21. The van der Waals surface area contributed by atoms with E-state index in [4.69, 9.17) is 4.74 Å². The minimum absolute atomic E-state index is 0.0400. The molecule has 0 N–H and O–H groups in total. The SMILES string of the molecule is CCc1ccc(C(=O)c2cnc3ccc(OC)cc3c2S(=O)(=O)c2ccc(C)c(C)c2)cc1. The molecule has 0 aliphatic rings. The first-order valence-corrected chi connectivity index (χ1v) is 12.2. The number of rotatable bonds is 6. The van der Waals surface area contributed by atoms with Crippen LogP contribution < -0.4 is 4.74 Å². The second-order valence-electron chi connectivity index (χ2n) is 8.01. The normalized spacial score (nSPS) is 11.5. The van der Waals surface area contributed by atoms with Crippen LogP contribution in [0.4, 0.5) is 0 Å². The van der Waals surface area contributed by atoms with Crippen LogP contribution in [-0.2, 0) is 16.3 Å². The van der Waals surface area contributed by atoms with Crippen molar-refractivity contribution >= 4 is 26.5 Å². The van der Waals surface area contributed by atoms with E-state index in [1.165, 1.54) is 13.3 Å². The number of hydrogen-bond acceptors (Lipinski definition) is 5. The number of ether oxygens (including phenoxy) is 1. The fourth-order valence-corrected chi connectivity index (χ4v) is 5.47. The number of aromatic nitrogens is 1. The van der Waals surface area contributed by atoms with E-state index in [0.717, 1.165) is 23.1 Å². The second kappa shape index (κ2) is 8.79. The van der Waals surface area contributed by atoms with Gasteiger partial charge in [0.15, 0.2) is 5.78 Å². The zero-order valence-electron chi connectivity index (χ0n) is 19.0. The van der Waals surface area contributed by atoms with Gasteiger partial charge in [0.05, 0.1) is 28.0 Å². The van der Waals surface area contributed by atoms with E-state index in [0.29, 0.717) is 22.2 Å². The molecule has 33 heavy (non-hydrogen) atoms. The van der Waals surface area contributed by atoms with E-state index in [2.05, 4.69) is 4.98 Å². The Balaban J connectivity index is 2.02. The molecule has 168 valence electrons.